The maximum atomic E-state index is 13.2. The fraction of sp³-hybridized carbons (Fsp3) is 0.304. The van der Waals surface area contributed by atoms with Crippen LogP contribution < -0.4 is 35.7 Å². The second kappa shape index (κ2) is 8.24. The Balaban J connectivity index is 1.75. The van der Waals surface area contributed by atoms with Crippen molar-refractivity contribution in [1.29, 1.82) is 5.26 Å². The number of nitrogen functional groups attached to an aromatic ring is 2. The lowest BCUT2D eigenvalue weighted by Crippen LogP contribution is -2.40. The lowest BCUT2D eigenvalue weighted by molar-refractivity contribution is -0.345. The smallest absolute Gasteiger partial charge is 0.240 e. The standard InChI is InChI=1S/C23H23N7O4/c1-32-15-4-3-12(9-16(15)33-2)30-17(31)10-13-18-14(11-24)22(29-5-7-34-8-6-29)27-20(25)19(18)21(26)28-23(13)30/h3-4,9H,5-8,10H2,1-2H3,(H2,25,27)(H2,26,28)/p+1. The maximum absolute atomic E-state index is 13.2. The lowest BCUT2D eigenvalue weighted by atomic mass is 10.0. The molecular weight excluding hydrogens is 438 g/mol. The molecule has 1 amide bonds. The number of fused-ring (bicyclic) bond motifs is 3. The number of ether oxygens (including phenoxy) is 3. The molecule has 2 aliphatic rings. The Hall–Kier alpha value is -4.30. The van der Waals surface area contributed by atoms with Gasteiger partial charge in [-0.15, -0.1) is 0 Å². The van der Waals surface area contributed by atoms with E-state index in [0.29, 0.717) is 82.8 Å². The van der Waals surface area contributed by atoms with Crippen LogP contribution in [0.5, 0.6) is 11.5 Å². The third-order valence-electron chi connectivity index (χ3n) is 6.17. The van der Waals surface area contributed by atoms with E-state index >= 15 is 0 Å². The number of nitrogens with one attached hydrogen (secondary N) is 1. The number of pyridine rings is 2. The van der Waals surface area contributed by atoms with Crippen molar-refractivity contribution in [3.63, 3.8) is 0 Å². The number of aromatic nitrogens is 2. The zero-order valence-electron chi connectivity index (χ0n) is 18.8. The molecule has 4 heterocycles. The summed E-state index contributed by atoms with van der Waals surface area (Å²) in [5.74, 6) is 2.19. The second-order valence-corrected chi connectivity index (χ2v) is 7.97. The van der Waals surface area contributed by atoms with Crippen molar-refractivity contribution in [1.82, 2.24) is 4.98 Å². The molecule has 11 heteroatoms. The van der Waals surface area contributed by atoms with E-state index in [2.05, 4.69) is 16.0 Å². The number of hydrogen-bond acceptors (Lipinski definition) is 9. The average molecular weight is 462 g/mol. The number of nitrogens with two attached hydrogens (primary N) is 2. The Morgan fingerprint density at radius 1 is 1.15 bits per heavy atom. The van der Waals surface area contributed by atoms with Gasteiger partial charge in [0.1, 0.15) is 23.3 Å². The number of amides is 1. The Bertz CT molecular complexity index is 1360. The molecule has 0 aliphatic carbocycles. The summed E-state index contributed by atoms with van der Waals surface area (Å²) in [5, 5.41) is 11.2. The van der Waals surface area contributed by atoms with Gasteiger partial charge in [0.15, 0.2) is 11.5 Å². The number of benzene rings is 1. The summed E-state index contributed by atoms with van der Waals surface area (Å²) in [4.78, 5) is 24.4. The Morgan fingerprint density at radius 2 is 1.88 bits per heavy atom. The quantitative estimate of drug-likeness (QED) is 0.581. The molecule has 1 saturated heterocycles. The summed E-state index contributed by atoms with van der Waals surface area (Å²) >= 11 is 0. The van der Waals surface area contributed by atoms with E-state index in [1.54, 1.807) is 25.3 Å². The highest BCUT2D eigenvalue weighted by atomic mass is 16.5. The number of carbonyl (C=O) groups excluding carboxylic acids is 1. The first kappa shape index (κ1) is 21.5. The van der Waals surface area contributed by atoms with Crippen molar-refractivity contribution in [3.8, 4) is 17.6 Å². The van der Waals surface area contributed by atoms with Crippen LogP contribution in [0.25, 0.3) is 10.8 Å². The van der Waals surface area contributed by atoms with Gasteiger partial charge in [-0.2, -0.15) is 5.26 Å². The monoisotopic (exact) mass is 462 g/mol. The number of H-pyrrole nitrogens is 1. The third kappa shape index (κ3) is 3.19. The van der Waals surface area contributed by atoms with Crippen LogP contribution in [0.2, 0.25) is 0 Å². The molecule has 0 spiro atoms. The number of nitrogens with zero attached hydrogens (tertiary/aromatic N) is 4. The van der Waals surface area contributed by atoms with Crippen LogP contribution in [0.3, 0.4) is 0 Å². The van der Waals surface area contributed by atoms with Gasteiger partial charge < -0.3 is 25.7 Å². The van der Waals surface area contributed by atoms with Gasteiger partial charge in [0.25, 0.3) is 0 Å². The van der Waals surface area contributed by atoms with Gasteiger partial charge in [-0.05, 0) is 12.1 Å². The average Bonchev–Trinajstić information content (AvgIpc) is 3.19. The maximum Gasteiger partial charge on any atom is 0.240 e. The molecule has 3 aromatic rings. The first-order valence-electron chi connectivity index (χ1n) is 10.7. The number of methoxy groups -OCH3 is 2. The molecule has 1 fully saturated rings. The molecule has 2 aliphatic heterocycles. The van der Waals surface area contributed by atoms with Crippen LogP contribution in [0.15, 0.2) is 18.2 Å². The molecule has 5 rings (SSSR count). The van der Waals surface area contributed by atoms with Gasteiger partial charge >= 0.3 is 0 Å². The van der Waals surface area contributed by atoms with Crippen molar-refractivity contribution in [2.75, 3.05) is 61.8 Å². The Morgan fingerprint density at radius 3 is 2.56 bits per heavy atom. The van der Waals surface area contributed by atoms with E-state index < -0.39 is 0 Å². The summed E-state index contributed by atoms with van der Waals surface area (Å²) in [7, 11) is 3.07. The van der Waals surface area contributed by atoms with Gasteiger partial charge in [-0.3, -0.25) is 14.6 Å². The van der Waals surface area contributed by atoms with Crippen LogP contribution in [0, 0.1) is 11.3 Å². The van der Waals surface area contributed by atoms with E-state index in [1.807, 2.05) is 4.90 Å². The summed E-state index contributed by atoms with van der Waals surface area (Å²) in [5.41, 5.74) is 14.2. The summed E-state index contributed by atoms with van der Waals surface area (Å²) in [6.45, 7) is 2.29. The third-order valence-corrected chi connectivity index (χ3v) is 6.17. The molecule has 174 valence electrons. The number of carbonyl (C=O) groups is 1. The predicted octanol–water partition coefficient (Wildman–Crippen LogP) is 1.16. The van der Waals surface area contributed by atoms with Crippen molar-refractivity contribution < 1.29 is 24.0 Å². The van der Waals surface area contributed by atoms with Crippen LogP contribution in [0.1, 0.15) is 11.1 Å². The molecule has 0 radical (unpaired) electrons. The molecule has 1 aromatic carbocycles. The molecule has 0 saturated carbocycles. The van der Waals surface area contributed by atoms with Gasteiger partial charge in [0, 0.05) is 17.0 Å². The van der Waals surface area contributed by atoms with E-state index in [9.17, 15) is 10.1 Å². The second-order valence-electron chi connectivity index (χ2n) is 7.97. The first-order valence-corrected chi connectivity index (χ1v) is 10.7. The molecule has 11 nitrogen and oxygen atoms in total. The number of rotatable bonds is 4. The van der Waals surface area contributed by atoms with Crippen molar-refractivity contribution >= 4 is 45.6 Å². The largest absolute Gasteiger partial charge is 0.493 e. The molecule has 34 heavy (non-hydrogen) atoms. The van der Waals surface area contributed by atoms with Crippen molar-refractivity contribution in [3.05, 3.63) is 29.3 Å². The summed E-state index contributed by atoms with van der Waals surface area (Å²) in [6.07, 6.45) is 0.0497. The number of aromatic amines is 1. The molecule has 5 N–H and O–H groups in total. The van der Waals surface area contributed by atoms with E-state index in [4.69, 9.17) is 25.7 Å². The fourth-order valence-corrected chi connectivity index (χ4v) is 4.61. The highest BCUT2D eigenvalue weighted by Crippen LogP contribution is 2.44. The van der Waals surface area contributed by atoms with Crippen molar-refractivity contribution in [2.24, 2.45) is 0 Å². The van der Waals surface area contributed by atoms with Gasteiger partial charge in [-0.1, -0.05) is 0 Å². The Kier molecular flexibility index (Phi) is 5.22. The van der Waals surface area contributed by atoms with E-state index in [1.165, 1.54) is 12.0 Å². The van der Waals surface area contributed by atoms with Gasteiger partial charge in [0.2, 0.25) is 17.5 Å². The zero-order valence-corrected chi connectivity index (χ0v) is 18.8. The Labute approximate surface area is 195 Å². The minimum Gasteiger partial charge on any atom is -0.493 e. The predicted molar refractivity (Wildman–Crippen MR) is 125 cm³/mol. The number of morpholine rings is 1. The van der Waals surface area contributed by atoms with E-state index in [-0.39, 0.29) is 18.1 Å². The fourth-order valence-electron chi connectivity index (χ4n) is 4.61. The topological polar surface area (TPSA) is 154 Å². The molecule has 0 bridgehead atoms. The number of hydrogen-bond donors (Lipinski definition) is 2. The summed E-state index contributed by atoms with van der Waals surface area (Å²) in [6, 6.07) is 7.46. The molecule has 0 unspecified atom stereocenters. The highest BCUT2D eigenvalue weighted by molar-refractivity contribution is 6.15. The summed E-state index contributed by atoms with van der Waals surface area (Å²) < 4.78 is 16.2. The molecule has 2 aromatic heterocycles. The van der Waals surface area contributed by atoms with E-state index in [0.717, 1.165) is 0 Å². The highest BCUT2D eigenvalue weighted by Gasteiger charge is 2.36. The van der Waals surface area contributed by atoms with Crippen molar-refractivity contribution in [2.45, 2.75) is 6.42 Å². The minimum atomic E-state index is -0.204. The number of nitriles is 1. The number of anilines is 5. The van der Waals surface area contributed by atoms with Gasteiger partial charge in [-0.25, -0.2) is 9.97 Å². The lowest BCUT2D eigenvalue weighted by Gasteiger charge is -2.25. The molecular formula is C23H24N7O4+. The normalized spacial score (nSPS) is 15.4. The first-order chi connectivity index (χ1) is 16.5. The molecule has 0 atom stereocenters. The van der Waals surface area contributed by atoms with Gasteiger partial charge in [0.05, 0.1) is 58.0 Å². The van der Waals surface area contributed by atoms with Crippen LogP contribution in [-0.4, -0.2) is 51.4 Å². The zero-order chi connectivity index (χ0) is 24.0. The van der Waals surface area contributed by atoms with Crippen LogP contribution in [-0.2, 0) is 16.0 Å². The minimum absolute atomic E-state index is 0.0497. The SMILES string of the molecule is COc1ccc(N2C(=O)Cc3c2nc(N)c2c(N)[nH+]c(N4CCOCC4)c(C#N)c32)cc1OC. The van der Waals surface area contributed by atoms with Crippen LogP contribution >= 0.6 is 0 Å². The van der Waals surface area contributed by atoms with Crippen LogP contribution in [0.4, 0.5) is 29.0 Å².